The highest BCUT2D eigenvalue weighted by atomic mass is 16.3. The summed E-state index contributed by atoms with van der Waals surface area (Å²) in [7, 11) is 0. The molecule has 0 aromatic heterocycles. The summed E-state index contributed by atoms with van der Waals surface area (Å²) < 4.78 is 0. The van der Waals surface area contributed by atoms with Gasteiger partial charge in [0.1, 0.15) is 0 Å². The second kappa shape index (κ2) is 5.12. The molecule has 2 rings (SSSR count). The van der Waals surface area contributed by atoms with Crippen molar-refractivity contribution < 1.29 is 9.90 Å². The van der Waals surface area contributed by atoms with Crippen LogP contribution in [0.15, 0.2) is 24.3 Å². The maximum Gasteiger partial charge on any atom is 0.223 e. The highest BCUT2D eigenvalue weighted by molar-refractivity contribution is 5.79. The predicted molar refractivity (Wildman–Crippen MR) is 61.6 cm³/mol. The van der Waals surface area contributed by atoms with Crippen LogP contribution >= 0.6 is 0 Å². The van der Waals surface area contributed by atoms with Crippen LogP contribution in [0.2, 0.25) is 0 Å². The second-order valence-electron chi connectivity index (χ2n) is 4.32. The second-order valence-corrected chi connectivity index (χ2v) is 4.32. The summed E-state index contributed by atoms with van der Waals surface area (Å²) in [6, 6.07) is 7.63. The number of aliphatic hydroxyl groups excluding tert-OH is 1. The lowest BCUT2D eigenvalue weighted by molar-refractivity contribution is -0.127. The van der Waals surface area contributed by atoms with Crippen molar-refractivity contribution in [2.24, 2.45) is 5.92 Å². The van der Waals surface area contributed by atoms with Crippen LogP contribution in [0, 0.1) is 5.92 Å². The van der Waals surface area contributed by atoms with Crippen LogP contribution in [0.5, 0.6) is 0 Å². The average molecular weight is 219 g/mol. The van der Waals surface area contributed by atoms with Crippen molar-refractivity contribution in [3.05, 3.63) is 35.4 Å². The van der Waals surface area contributed by atoms with Gasteiger partial charge in [-0.05, 0) is 24.0 Å². The van der Waals surface area contributed by atoms with Gasteiger partial charge in [0.25, 0.3) is 0 Å². The Hall–Kier alpha value is -1.35. The lowest BCUT2D eigenvalue weighted by Crippen LogP contribution is -2.33. The molecule has 0 heterocycles. The molecule has 1 saturated carbocycles. The van der Waals surface area contributed by atoms with Gasteiger partial charge in [-0.2, -0.15) is 0 Å². The smallest absolute Gasteiger partial charge is 0.223 e. The average Bonchev–Trinajstić information content (AvgIpc) is 2.25. The third-order valence-electron chi connectivity index (χ3n) is 3.15. The van der Waals surface area contributed by atoms with Crippen molar-refractivity contribution in [3.63, 3.8) is 0 Å². The summed E-state index contributed by atoms with van der Waals surface area (Å²) in [5, 5.41) is 11.8. The third kappa shape index (κ3) is 2.61. The molecular formula is C13H17NO2. The summed E-state index contributed by atoms with van der Waals surface area (Å²) in [4.78, 5) is 11.6. The third-order valence-corrected chi connectivity index (χ3v) is 3.15. The zero-order chi connectivity index (χ0) is 11.4. The molecule has 16 heavy (non-hydrogen) atoms. The molecule has 0 radical (unpaired) electrons. The number of hydrogen-bond acceptors (Lipinski definition) is 2. The van der Waals surface area contributed by atoms with Crippen molar-refractivity contribution in [2.45, 2.75) is 32.4 Å². The Bertz CT molecular complexity index is 355. The number of carbonyl (C=O) groups excluding carboxylic acids is 1. The number of aliphatic hydroxyl groups is 1. The van der Waals surface area contributed by atoms with E-state index < -0.39 is 0 Å². The molecule has 0 aliphatic heterocycles. The minimum atomic E-state index is 0.0642. The van der Waals surface area contributed by atoms with E-state index in [0.717, 1.165) is 24.0 Å². The van der Waals surface area contributed by atoms with Crippen LogP contribution in [0.25, 0.3) is 0 Å². The van der Waals surface area contributed by atoms with Gasteiger partial charge in [-0.15, -0.1) is 0 Å². The summed E-state index contributed by atoms with van der Waals surface area (Å²) in [6.45, 7) is 0.649. The van der Waals surface area contributed by atoms with Crippen LogP contribution in [0.1, 0.15) is 30.4 Å². The Morgan fingerprint density at radius 3 is 2.38 bits per heavy atom. The molecule has 86 valence electrons. The van der Waals surface area contributed by atoms with Gasteiger partial charge in [-0.3, -0.25) is 4.79 Å². The van der Waals surface area contributed by atoms with Gasteiger partial charge in [-0.1, -0.05) is 30.7 Å². The van der Waals surface area contributed by atoms with E-state index in [0.29, 0.717) is 6.54 Å². The van der Waals surface area contributed by atoms with Crippen molar-refractivity contribution in [1.29, 1.82) is 0 Å². The molecule has 1 fully saturated rings. The zero-order valence-corrected chi connectivity index (χ0v) is 9.28. The lowest BCUT2D eigenvalue weighted by Gasteiger charge is -2.24. The highest BCUT2D eigenvalue weighted by Crippen LogP contribution is 2.26. The van der Waals surface area contributed by atoms with Crippen LogP contribution < -0.4 is 5.32 Å². The summed E-state index contributed by atoms with van der Waals surface area (Å²) in [5.41, 5.74) is 1.97. The van der Waals surface area contributed by atoms with Gasteiger partial charge in [0, 0.05) is 12.5 Å². The molecule has 1 aromatic carbocycles. The maximum absolute atomic E-state index is 11.6. The number of rotatable bonds is 4. The summed E-state index contributed by atoms with van der Waals surface area (Å²) in [6.07, 6.45) is 3.26. The van der Waals surface area contributed by atoms with Gasteiger partial charge < -0.3 is 10.4 Å². The zero-order valence-electron chi connectivity index (χ0n) is 9.28. The van der Waals surface area contributed by atoms with Gasteiger partial charge in [0.2, 0.25) is 5.91 Å². The van der Waals surface area contributed by atoms with Crippen LogP contribution in [0.4, 0.5) is 0 Å². The van der Waals surface area contributed by atoms with E-state index >= 15 is 0 Å². The molecule has 2 N–H and O–H groups in total. The first kappa shape index (κ1) is 11.1. The number of benzene rings is 1. The van der Waals surface area contributed by atoms with Crippen molar-refractivity contribution in [1.82, 2.24) is 5.32 Å². The molecule has 1 aliphatic rings. The number of carbonyl (C=O) groups is 1. The fourth-order valence-electron chi connectivity index (χ4n) is 1.77. The first-order valence-electron chi connectivity index (χ1n) is 5.76. The minimum Gasteiger partial charge on any atom is -0.392 e. The fourth-order valence-corrected chi connectivity index (χ4v) is 1.77. The first-order valence-corrected chi connectivity index (χ1v) is 5.76. The first-order chi connectivity index (χ1) is 7.79. The van der Waals surface area contributed by atoms with E-state index in [4.69, 9.17) is 5.11 Å². The Balaban J connectivity index is 1.81. The number of nitrogens with one attached hydrogen (secondary N) is 1. The van der Waals surface area contributed by atoms with E-state index in [-0.39, 0.29) is 18.4 Å². The molecule has 1 aliphatic carbocycles. The Kier molecular flexibility index (Phi) is 3.57. The van der Waals surface area contributed by atoms with E-state index in [1.807, 2.05) is 24.3 Å². The van der Waals surface area contributed by atoms with Crippen molar-refractivity contribution >= 4 is 5.91 Å². The topological polar surface area (TPSA) is 49.3 Å². The largest absolute Gasteiger partial charge is 0.392 e. The van der Waals surface area contributed by atoms with Crippen LogP contribution in [-0.4, -0.2) is 11.0 Å². The Labute approximate surface area is 95.5 Å². The normalized spacial score (nSPS) is 15.6. The molecule has 3 heteroatoms. The van der Waals surface area contributed by atoms with E-state index in [9.17, 15) is 4.79 Å². The predicted octanol–water partition coefficient (Wildman–Crippen LogP) is 1.60. The van der Waals surface area contributed by atoms with Crippen molar-refractivity contribution in [3.8, 4) is 0 Å². The van der Waals surface area contributed by atoms with Gasteiger partial charge >= 0.3 is 0 Å². The Morgan fingerprint density at radius 1 is 1.25 bits per heavy atom. The Morgan fingerprint density at radius 2 is 1.88 bits per heavy atom. The number of amides is 1. The SMILES string of the molecule is O=C(NCc1ccc(CO)cc1)C1CCC1. The molecule has 0 atom stereocenters. The molecule has 0 unspecified atom stereocenters. The standard InChI is InChI=1S/C13H17NO2/c15-9-11-6-4-10(5-7-11)8-14-13(16)12-2-1-3-12/h4-7,12,15H,1-3,8-9H2,(H,14,16). The lowest BCUT2D eigenvalue weighted by atomic mass is 9.85. The summed E-state index contributed by atoms with van der Waals surface area (Å²) in [5.74, 6) is 0.425. The maximum atomic E-state index is 11.6. The molecule has 1 aromatic rings. The fraction of sp³-hybridized carbons (Fsp3) is 0.462. The van der Waals surface area contributed by atoms with E-state index in [2.05, 4.69) is 5.32 Å². The number of hydrogen-bond donors (Lipinski definition) is 2. The molecule has 0 bridgehead atoms. The van der Waals surface area contributed by atoms with Crippen molar-refractivity contribution in [2.75, 3.05) is 0 Å². The van der Waals surface area contributed by atoms with E-state index in [1.54, 1.807) is 0 Å². The molecule has 3 nitrogen and oxygen atoms in total. The van der Waals surface area contributed by atoms with E-state index in [1.165, 1.54) is 6.42 Å². The molecule has 0 saturated heterocycles. The van der Waals surface area contributed by atoms with Crippen LogP contribution in [0.3, 0.4) is 0 Å². The minimum absolute atomic E-state index is 0.0642. The quantitative estimate of drug-likeness (QED) is 0.808. The van der Waals surface area contributed by atoms with Gasteiger partial charge in [-0.25, -0.2) is 0 Å². The molecule has 0 spiro atoms. The summed E-state index contributed by atoms with van der Waals surface area (Å²) >= 11 is 0. The van der Waals surface area contributed by atoms with Gasteiger partial charge in [0.05, 0.1) is 6.61 Å². The molecule has 1 amide bonds. The van der Waals surface area contributed by atoms with Crippen LogP contribution in [-0.2, 0) is 17.9 Å². The monoisotopic (exact) mass is 219 g/mol. The molecular weight excluding hydrogens is 202 g/mol. The highest BCUT2D eigenvalue weighted by Gasteiger charge is 2.24. The van der Waals surface area contributed by atoms with Gasteiger partial charge in [0.15, 0.2) is 0 Å².